The third-order valence-corrected chi connectivity index (χ3v) is 4.43. The number of carbonyl (C=O) groups is 1. The van der Waals surface area contributed by atoms with Crippen molar-refractivity contribution in [2.45, 2.75) is 33.2 Å². The molecule has 28 heavy (non-hydrogen) atoms. The van der Waals surface area contributed by atoms with Crippen LogP contribution < -0.4 is 10.9 Å². The number of hydrogen-bond donors (Lipinski definition) is 1. The van der Waals surface area contributed by atoms with E-state index in [1.807, 2.05) is 37.3 Å². The van der Waals surface area contributed by atoms with Crippen molar-refractivity contribution >= 4 is 16.9 Å². The highest BCUT2D eigenvalue weighted by Crippen LogP contribution is 2.14. The smallest absolute Gasteiger partial charge is 0.264 e. The van der Waals surface area contributed by atoms with Crippen molar-refractivity contribution < 1.29 is 9.53 Å². The molecule has 148 valence electrons. The molecule has 8 nitrogen and oxygen atoms in total. The fourth-order valence-corrected chi connectivity index (χ4v) is 2.98. The van der Waals surface area contributed by atoms with Crippen molar-refractivity contribution in [3.8, 4) is 5.69 Å². The Kier molecular flexibility index (Phi) is 6.54. The number of para-hydroxylation sites is 1. The normalized spacial score (nSPS) is 11.1. The quantitative estimate of drug-likeness (QED) is 0.569. The number of aryl methyl sites for hydroxylation is 1. The number of ether oxygens (including phenoxy) is 1. The van der Waals surface area contributed by atoms with E-state index in [2.05, 4.69) is 15.4 Å². The second kappa shape index (κ2) is 9.27. The van der Waals surface area contributed by atoms with Gasteiger partial charge in [-0.2, -0.15) is 5.10 Å². The monoisotopic (exact) mass is 383 g/mol. The minimum absolute atomic E-state index is 0.0946. The maximum absolute atomic E-state index is 12.9. The van der Waals surface area contributed by atoms with Gasteiger partial charge in [-0.3, -0.25) is 14.2 Å². The molecule has 1 N–H and O–H groups in total. The average Bonchev–Trinajstić information content (AvgIpc) is 3.12. The number of nitrogens with one attached hydrogen (secondary N) is 1. The zero-order chi connectivity index (χ0) is 19.9. The van der Waals surface area contributed by atoms with Gasteiger partial charge in [0.05, 0.1) is 11.9 Å². The van der Waals surface area contributed by atoms with E-state index in [1.54, 1.807) is 11.6 Å². The van der Waals surface area contributed by atoms with E-state index >= 15 is 0 Å². The molecule has 0 aliphatic heterocycles. The first-order valence-electron chi connectivity index (χ1n) is 9.47. The Bertz CT molecular complexity index is 994. The summed E-state index contributed by atoms with van der Waals surface area (Å²) < 4.78 is 8.42. The number of hydrogen-bond acceptors (Lipinski definition) is 5. The molecule has 0 saturated heterocycles. The average molecular weight is 383 g/mol. The SMILES string of the molecule is CCOCCCNC(=O)CCn1c(C)nc2c(cnn2-c2ccccc2)c1=O. The Morgan fingerprint density at radius 1 is 1.25 bits per heavy atom. The zero-order valence-corrected chi connectivity index (χ0v) is 16.2. The van der Waals surface area contributed by atoms with Gasteiger partial charge in [0.25, 0.3) is 5.56 Å². The lowest BCUT2D eigenvalue weighted by Crippen LogP contribution is -2.30. The molecule has 0 spiro atoms. The Morgan fingerprint density at radius 3 is 2.79 bits per heavy atom. The first-order chi connectivity index (χ1) is 13.6. The van der Waals surface area contributed by atoms with E-state index in [0.29, 0.717) is 36.6 Å². The lowest BCUT2D eigenvalue weighted by Gasteiger charge is -2.10. The number of rotatable bonds is 9. The highest BCUT2D eigenvalue weighted by Gasteiger charge is 2.14. The predicted molar refractivity (Wildman–Crippen MR) is 107 cm³/mol. The van der Waals surface area contributed by atoms with E-state index in [0.717, 1.165) is 12.1 Å². The summed E-state index contributed by atoms with van der Waals surface area (Å²) >= 11 is 0. The van der Waals surface area contributed by atoms with Crippen LogP contribution in [0.3, 0.4) is 0 Å². The maximum Gasteiger partial charge on any atom is 0.264 e. The van der Waals surface area contributed by atoms with Gasteiger partial charge < -0.3 is 10.1 Å². The summed E-state index contributed by atoms with van der Waals surface area (Å²) in [4.78, 5) is 29.4. The third kappa shape index (κ3) is 4.45. The zero-order valence-electron chi connectivity index (χ0n) is 16.2. The first-order valence-corrected chi connectivity index (χ1v) is 9.47. The highest BCUT2D eigenvalue weighted by molar-refractivity contribution is 5.76. The van der Waals surface area contributed by atoms with Gasteiger partial charge in [-0.1, -0.05) is 18.2 Å². The van der Waals surface area contributed by atoms with Crippen LogP contribution in [0.4, 0.5) is 0 Å². The van der Waals surface area contributed by atoms with Crippen molar-refractivity contribution in [1.29, 1.82) is 0 Å². The van der Waals surface area contributed by atoms with Gasteiger partial charge in [0.1, 0.15) is 11.2 Å². The molecule has 3 rings (SSSR count). The minimum Gasteiger partial charge on any atom is -0.382 e. The van der Waals surface area contributed by atoms with E-state index in [4.69, 9.17) is 4.74 Å². The number of carbonyl (C=O) groups excluding carboxylic acids is 1. The fraction of sp³-hybridized carbons (Fsp3) is 0.400. The Hall–Kier alpha value is -3.00. The lowest BCUT2D eigenvalue weighted by atomic mass is 10.3. The van der Waals surface area contributed by atoms with Gasteiger partial charge in [-0.05, 0) is 32.4 Å². The van der Waals surface area contributed by atoms with E-state index in [-0.39, 0.29) is 24.4 Å². The molecule has 0 bridgehead atoms. The van der Waals surface area contributed by atoms with Crippen LogP contribution in [0.5, 0.6) is 0 Å². The summed E-state index contributed by atoms with van der Waals surface area (Å²) in [6, 6.07) is 9.55. The van der Waals surface area contributed by atoms with Gasteiger partial charge >= 0.3 is 0 Å². The van der Waals surface area contributed by atoms with Crippen LogP contribution in [0.15, 0.2) is 41.3 Å². The highest BCUT2D eigenvalue weighted by atomic mass is 16.5. The van der Waals surface area contributed by atoms with Crippen LogP contribution in [0.1, 0.15) is 25.6 Å². The number of aromatic nitrogens is 4. The van der Waals surface area contributed by atoms with Gasteiger partial charge in [-0.15, -0.1) is 0 Å². The molecule has 0 aliphatic rings. The molecule has 0 unspecified atom stereocenters. The summed E-state index contributed by atoms with van der Waals surface area (Å²) in [7, 11) is 0. The molecular formula is C20H25N5O3. The van der Waals surface area contributed by atoms with Gasteiger partial charge in [0.2, 0.25) is 5.91 Å². The Labute approximate surface area is 163 Å². The molecule has 0 fully saturated rings. The Balaban J connectivity index is 1.71. The number of fused-ring (bicyclic) bond motifs is 1. The molecule has 8 heteroatoms. The summed E-state index contributed by atoms with van der Waals surface area (Å²) in [5.41, 5.74) is 1.17. The third-order valence-electron chi connectivity index (χ3n) is 4.43. The topological polar surface area (TPSA) is 91.0 Å². The number of benzene rings is 1. The minimum atomic E-state index is -0.186. The van der Waals surface area contributed by atoms with Crippen molar-refractivity contribution in [3.05, 3.63) is 52.7 Å². The summed E-state index contributed by atoms with van der Waals surface area (Å²) in [5.74, 6) is 0.460. The van der Waals surface area contributed by atoms with Crippen LogP contribution in [0, 0.1) is 6.92 Å². The molecule has 1 aromatic carbocycles. The molecular weight excluding hydrogens is 358 g/mol. The van der Waals surface area contributed by atoms with Crippen molar-refractivity contribution in [2.24, 2.45) is 0 Å². The molecule has 3 aromatic rings. The molecule has 0 radical (unpaired) electrons. The molecule has 0 atom stereocenters. The summed E-state index contributed by atoms with van der Waals surface area (Å²) in [5, 5.41) is 7.60. The van der Waals surface area contributed by atoms with Gasteiger partial charge in [0.15, 0.2) is 5.65 Å². The lowest BCUT2D eigenvalue weighted by molar-refractivity contribution is -0.121. The first kappa shape index (κ1) is 19.8. The Morgan fingerprint density at radius 2 is 2.04 bits per heavy atom. The van der Waals surface area contributed by atoms with Crippen LogP contribution in [0.2, 0.25) is 0 Å². The molecule has 2 aromatic heterocycles. The summed E-state index contributed by atoms with van der Waals surface area (Å²) in [6.07, 6.45) is 2.52. The van der Waals surface area contributed by atoms with Crippen molar-refractivity contribution in [3.63, 3.8) is 0 Å². The van der Waals surface area contributed by atoms with Crippen molar-refractivity contribution in [2.75, 3.05) is 19.8 Å². The van der Waals surface area contributed by atoms with E-state index in [1.165, 1.54) is 10.8 Å². The van der Waals surface area contributed by atoms with E-state index in [9.17, 15) is 9.59 Å². The second-order valence-electron chi connectivity index (χ2n) is 6.40. The molecule has 0 saturated carbocycles. The van der Waals surface area contributed by atoms with Gasteiger partial charge in [0, 0.05) is 32.7 Å². The van der Waals surface area contributed by atoms with Crippen molar-refractivity contribution in [1.82, 2.24) is 24.6 Å². The maximum atomic E-state index is 12.9. The van der Waals surface area contributed by atoms with Crippen LogP contribution in [-0.4, -0.2) is 45.0 Å². The number of amides is 1. The molecule has 1 amide bonds. The van der Waals surface area contributed by atoms with Gasteiger partial charge in [-0.25, -0.2) is 9.67 Å². The fourth-order valence-electron chi connectivity index (χ4n) is 2.98. The largest absolute Gasteiger partial charge is 0.382 e. The van der Waals surface area contributed by atoms with Crippen LogP contribution in [0.25, 0.3) is 16.7 Å². The van der Waals surface area contributed by atoms with Crippen LogP contribution >= 0.6 is 0 Å². The summed E-state index contributed by atoms with van der Waals surface area (Å²) in [6.45, 7) is 5.85. The standard InChI is InChI=1S/C20H25N5O3/c1-3-28-13-7-11-21-18(26)10-12-24-15(2)23-19-17(20(24)27)14-22-25(19)16-8-5-4-6-9-16/h4-6,8-9,14H,3,7,10-13H2,1-2H3,(H,21,26). The van der Waals surface area contributed by atoms with E-state index < -0.39 is 0 Å². The molecule has 0 aliphatic carbocycles. The second-order valence-corrected chi connectivity index (χ2v) is 6.40. The van der Waals surface area contributed by atoms with Crippen LogP contribution in [-0.2, 0) is 16.1 Å². The predicted octanol–water partition coefficient (Wildman–Crippen LogP) is 1.82. The molecule has 2 heterocycles. The number of nitrogens with zero attached hydrogens (tertiary/aromatic N) is 4.